The highest BCUT2D eigenvalue weighted by atomic mass is 35.5. The van der Waals surface area contributed by atoms with Crippen molar-refractivity contribution in [1.29, 1.82) is 0 Å². The number of rotatable bonds is 5. The lowest BCUT2D eigenvalue weighted by Crippen LogP contribution is -2.32. The van der Waals surface area contributed by atoms with Crippen LogP contribution in [0, 0.1) is 0 Å². The summed E-state index contributed by atoms with van der Waals surface area (Å²) in [5, 5.41) is 9.79. The van der Waals surface area contributed by atoms with Crippen LogP contribution in [0.4, 0.5) is 11.4 Å². The van der Waals surface area contributed by atoms with E-state index in [2.05, 4.69) is 0 Å². The lowest BCUT2D eigenvalue weighted by molar-refractivity contribution is -0.139. The summed E-state index contributed by atoms with van der Waals surface area (Å²) < 4.78 is 0. The van der Waals surface area contributed by atoms with Crippen molar-refractivity contribution in [2.24, 2.45) is 0 Å². The van der Waals surface area contributed by atoms with Gasteiger partial charge in [0.1, 0.15) is 0 Å². The summed E-state index contributed by atoms with van der Waals surface area (Å²) in [5.74, 6) is -2.63. The number of anilines is 2. The third-order valence-corrected chi connectivity index (χ3v) is 5.40. The van der Waals surface area contributed by atoms with E-state index in [1.165, 1.54) is 12.1 Å². The smallest absolute Gasteiger partial charge is 0.311 e. The number of halogens is 1. The van der Waals surface area contributed by atoms with Crippen LogP contribution in [0.5, 0.6) is 0 Å². The second kappa shape index (κ2) is 7.11. The summed E-state index contributed by atoms with van der Waals surface area (Å²) in [6, 6.07) is 3.02. The quantitative estimate of drug-likeness (QED) is 0.603. The molecule has 0 radical (unpaired) electrons. The van der Waals surface area contributed by atoms with Gasteiger partial charge in [-0.3, -0.25) is 14.4 Å². The molecule has 138 valence electrons. The number of carboxylic acid groups (broad SMARTS) is 1. The molecular weight excluding hydrogens is 356 g/mol. The van der Waals surface area contributed by atoms with Crippen LogP contribution in [-0.2, 0) is 14.4 Å². The summed E-state index contributed by atoms with van der Waals surface area (Å²) in [6.45, 7) is 1.87. The number of nitrogens with two attached hydrogens (primary N) is 1. The van der Waals surface area contributed by atoms with Crippen LogP contribution in [0.2, 0.25) is 5.02 Å². The molecule has 3 N–H and O–H groups in total. The first-order chi connectivity index (χ1) is 12.4. The summed E-state index contributed by atoms with van der Waals surface area (Å²) in [7, 11) is 0. The minimum atomic E-state index is -1.03. The van der Waals surface area contributed by atoms with Crippen LogP contribution in [0.25, 0.3) is 0 Å². The average Bonchev–Trinajstić information content (AvgIpc) is 2.86. The Labute approximate surface area is 156 Å². The fraction of sp³-hybridized carbons (Fsp3) is 0.421. The van der Waals surface area contributed by atoms with Gasteiger partial charge in [0.15, 0.2) is 0 Å². The van der Waals surface area contributed by atoms with Gasteiger partial charge in [-0.05, 0) is 44.2 Å². The van der Waals surface area contributed by atoms with E-state index in [9.17, 15) is 19.5 Å². The lowest BCUT2D eigenvalue weighted by atomic mass is 9.92. The number of benzene rings is 1. The molecule has 1 aliphatic carbocycles. The van der Waals surface area contributed by atoms with Gasteiger partial charge in [-0.2, -0.15) is 0 Å². The molecule has 1 aromatic rings. The minimum Gasteiger partial charge on any atom is -0.481 e. The Hall–Kier alpha value is -2.34. The zero-order valence-corrected chi connectivity index (χ0v) is 15.3. The van der Waals surface area contributed by atoms with E-state index in [4.69, 9.17) is 17.3 Å². The molecule has 2 amide bonds. The number of carbonyl (C=O) groups excluding carboxylic acids is 2. The fourth-order valence-corrected chi connectivity index (χ4v) is 4.08. The SMILES string of the molecule is CCCC(C(=O)O)c1c(Cl)ccc(N2C(=O)C3=C(CCCC3)C2=O)c1N. The first kappa shape index (κ1) is 18.5. The van der Waals surface area contributed by atoms with Crippen LogP contribution in [0.3, 0.4) is 0 Å². The van der Waals surface area contributed by atoms with Crippen molar-refractivity contribution in [3.63, 3.8) is 0 Å². The zero-order chi connectivity index (χ0) is 19.0. The number of carboxylic acids is 1. The number of nitrogens with zero attached hydrogens (tertiary/aromatic N) is 1. The molecule has 0 bridgehead atoms. The maximum atomic E-state index is 12.8. The van der Waals surface area contributed by atoms with Crippen LogP contribution in [-0.4, -0.2) is 22.9 Å². The Morgan fingerprint density at radius 3 is 2.31 bits per heavy atom. The molecule has 1 aromatic carbocycles. The van der Waals surface area contributed by atoms with Gasteiger partial charge in [0, 0.05) is 21.7 Å². The number of imide groups is 1. The van der Waals surface area contributed by atoms with E-state index in [-0.39, 0.29) is 33.8 Å². The van der Waals surface area contributed by atoms with Crippen LogP contribution in [0.15, 0.2) is 23.3 Å². The highest BCUT2D eigenvalue weighted by molar-refractivity contribution is 6.35. The average molecular weight is 377 g/mol. The summed E-state index contributed by atoms with van der Waals surface area (Å²) >= 11 is 6.24. The zero-order valence-electron chi connectivity index (χ0n) is 14.5. The Balaban J connectivity index is 2.08. The van der Waals surface area contributed by atoms with Gasteiger partial charge < -0.3 is 10.8 Å². The van der Waals surface area contributed by atoms with Crippen molar-refractivity contribution in [3.8, 4) is 0 Å². The number of aliphatic carboxylic acids is 1. The van der Waals surface area contributed by atoms with Crippen molar-refractivity contribution >= 4 is 40.8 Å². The summed E-state index contributed by atoms with van der Waals surface area (Å²) in [5.41, 5.74) is 7.92. The first-order valence-corrected chi connectivity index (χ1v) is 9.17. The number of hydrogen-bond acceptors (Lipinski definition) is 4. The van der Waals surface area contributed by atoms with Gasteiger partial charge in [-0.15, -0.1) is 0 Å². The van der Waals surface area contributed by atoms with E-state index in [1.54, 1.807) is 0 Å². The molecule has 0 aromatic heterocycles. The standard InChI is InChI=1S/C19H21ClN2O4/c1-2-5-12(19(25)26)15-13(20)8-9-14(16(15)21)22-17(23)10-6-3-4-7-11(10)18(22)24/h8-9,12H,2-7,21H2,1H3,(H,25,26). The van der Waals surface area contributed by atoms with Crippen LogP contribution in [0.1, 0.15) is 56.9 Å². The Bertz CT molecular complexity index is 803. The first-order valence-electron chi connectivity index (χ1n) is 8.79. The Kier molecular flexibility index (Phi) is 5.05. The number of nitrogen functional groups attached to an aromatic ring is 1. The van der Waals surface area contributed by atoms with Gasteiger partial charge in [-0.25, -0.2) is 4.90 Å². The predicted octanol–water partition coefficient (Wildman–Crippen LogP) is 3.63. The number of amides is 2. The molecule has 1 heterocycles. The van der Waals surface area contributed by atoms with Crippen molar-refractivity contribution in [2.75, 3.05) is 10.6 Å². The molecule has 0 saturated heterocycles. The summed E-state index contributed by atoms with van der Waals surface area (Å²) in [4.78, 5) is 38.3. The van der Waals surface area contributed by atoms with Gasteiger partial charge in [0.05, 0.1) is 17.3 Å². The largest absolute Gasteiger partial charge is 0.481 e. The van der Waals surface area contributed by atoms with Gasteiger partial charge in [0.25, 0.3) is 11.8 Å². The topological polar surface area (TPSA) is 101 Å². The summed E-state index contributed by atoms with van der Waals surface area (Å²) in [6.07, 6.45) is 3.93. The molecule has 6 nitrogen and oxygen atoms in total. The van der Waals surface area contributed by atoms with Crippen molar-refractivity contribution < 1.29 is 19.5 Å². The molecule has 1 atom stereocenters. The molecule has 1 aliphatic heterocycles. The molecule has 26 heavy (non-hydrogen) atoms. The maximum absolute atomic E-state index is 12.8. The third kappa shape index (κ3) is 2.88. The van der Waals surface area contributed by atoms with Crippen molar-refractivity contribution in [3.05, 3.63) is 33.9 Å². The van der Waals surface area contributed by atoms with Crippen molar-refractivity contribution in [1.82, 2.24) is 0 Å². The van der Waals surface area contributed by atoms with E-state index in [0.29, 0.717) is 36.8 Å². The molecule has 7 heteroatoms. The second-order valence-corrected chi connectivity index (χ2v) is 7.09. The van der Waals surface area contributed by atoms with Gasteiger partial charge in [0.2, 0.25) is 0 Å². The molecule has 0 spiro atoms. The van der Waals surface area contributed by atoms with Gasteiger partial charge in [-0.1, -0.05) is 24.9 Å². The fourth-order valence-electron chi connectivity index (χ4n) is 3.79. The van der Waals surface area contributed by atoms with E-state index < -0.39 is 11.9 Å². The predicted molar refractivity (Wildman–Crippen MR) is 99.1 cm³/mol. The monoisotopic (exact) mass is 376 g/mol. The minimum absolute atomic E-state index is 0.0832. The molecule has 2 aliphatic rings. The van der Waals surface area contributed by atoms with E-state index >= 15 is 0 Å². The Morgan fingerprint density at radius 2 is 1.81 bits per heavy atom. The highest BCUT2D eigenvalue weighted by Gasteiger charge is 2.41. The van der Waals surface area contributed by atoms with Crippen LogP contribution < -0.4 is 10.6 Å². The van der Waals surface area contributed by atoms with E-state index in [0.717, 1.165) is 17.7 Å². The third-order valence-electron chi connectivity index (χ3n) is 5.07. The maximum Gasteiger partial charge on any atom is 0.311 e. The molecule has 3 rings (SSSR count). The molecule has 0 fully saturated rings. The normalized spacial score (nSPS) is 18.3. The van der Waals surface area contributed by atoms with Crippen LogP contribution >= 0.6 is 11.6 Å². The molecule has 1 unspecified atom stereocenters. The second-order valence-electron chi connectivity index (χ2n) is 6.68. The van der Waals surface area contributed by atoms with E-state index in [1.807, 2.05) is 6.92 Å². The highest BCUT2D eigenvalue weighted by Crippen LogP contribution is 2.42. The Morgan fingerprint density at radius 1 is 1.23 bits per heavy atom. The molecule has 0 saturated carbocycles. The number of carbonyl (C=O) groups is 3. The van der Waals surface area contributed by atoms with Gasteiger partial charge >= 0.3 is 5.97 Å². The number of hydrogen-bond donors (Lipinski definition) is 2. The molecular formula is C19H21ClN2O4. The lowest BCUT2D eigenvalue weighted by Gasteiger charge is -2.23. The van der Waals surface area contributed by atoms with Crippen molar-refractivity contribution in [2.45, 2.75) is 51.4 Å².